The van der Waals surface area contributed by atoms with Crippen LogP contribution in [0, 0.1) is 11.6 Å². The minimum absolute atomic E-state index is 0.0225. The number of nitrogens with zero attached hydrogens (tertiary/aromatic N) is 2. The van der Waals surface area contributed by atoms with Gasteiger partial charge in [-0.3, -0.25) is 9.69 Å². The molecule has 122 valence electrons. The Kier molecular flexibility index (Phi) is 5.85. The molecule has 6 heteroatoms. The van der Waals surface area contributed by atoms with Crippen LogP contribution in [0.15, 0.2) is 18.2 Å². The number of halogens is 2. The van der Waals surface area contributed by atoms with Gasteiger partial charge in [-0.05, 0) is 24.6 Å². The number of rotatable bonds is 4. The van der Waals surface area contributed by atoms with Crippen LogP contribution < -0.4 is 0 Å². The lowest BCUT2D eigenvalue weighted by Crippen LogP contribution is -2.36. The summed E-state index contributed by atoms with van der Waals surface area (Å²) in [5.41, 5.74) is -0.0225. The van der Waals surface area contributed by atoms with Crippen LogP contribution in [-0.4, -0.2) is 53.5 Å². The van der Waals surface area contributed by atoms with E-state index in [1.54, 1.807) is 0 Å². The van der Waals surface area contributed by atoms with Gasteiger partial charge in [-0.1, -0.05) is 6.92 Å². The van der Waals surface area contributed by atoms with E-state index < -0.39 is 17.7 Å². The first-order chi connectivity index (χ1) is 10.5. The normalized spacial score (nSPS) is 18.1. The molecule has 0 saturated carbocycles. The summed E-state index contributed by atoms with van der Waals surface area (Å²) in [5, 5.41) is 10.2. The van der Waals surface area contributed by atoms with Gasteiger partial charge in [0, 0.05) is 44.7 Å². The van der Waals surface area contributed by atoms with Crippen molar-refractivity contribution in [3.63, 3.8) is 0 Å². The van der Waals surface area contributed by atoms with E-state index in [0.717, 1.165) is 31.2 Å². The highest BCUT2D eigenvalue weighted by Crippen LogP contribution is 2.20. The second-order valence-electron chi connectivity index (χ2n) is 5.57. The lowest BCUT2D eigenvalue weighted by Gasteiger charge is -2.24. The van der Waals surface area contributed by atoms with Crippen molar-refractivity contribution in [2.75, 3.05) is 32.7 Å². The van der Waals surface area contributed by atoms with Crippen LogP contribution in [0.25, 0.3) is 0 Å². The van der Waals surface area contributed by atoms with Crippen molar-refractivity contribution in [1.82, 2.24) is 9.80 Å². The molecule has 1 unspecified atom stereocenters. The fourth-order valence-corrected chi connectivity index (χ4v) is 2.74. The summed E-state index contributed by atoms with van der Waals surface area (Å²) in [4.78, 5) is 15.5. The molecule has 1 aliphatic rings. The molecule has 0 aromatic heterocycles. The Hall–Kier alpha value is -1.53. The smallest absolute Gasteiger partial charge is 0.222 e. The van der Waals surface area contributed by atoms with Gasteiger partial charge in [0.25, 0.3) is 0 Å². The Morgan fingerprint density at radius 2 is 2.05 bits per heavy atom. The zero-order valence-electron chi connectivity index (χ0n) is 12.8. The zero-order valence-corrected chi connectivity index (χ0v) is 12.8. The van der Waals surface area contributed by atoms with E-state index in [0.29, 0.717) is 26.1 Å². The molecule has 1 atom stereocenters. The Labute approximate surface area is 129 Å². The summed E-state index contributed by atoms with van der Waals surface area (Å²) in [6.45, 7) is 4.72. The Bertz CT molecular complexity index is 525. The van der Waals surface area contributed by atoms with Crippen molar-refractivity contribution in [3.8, 4) is 0 Å². The number of benzene rings is 1. The van der Waals surface area contributed by atoms with Crippen LogP contribution in [-0.2, 0) is 4.79 Å². The molecule has 4 nitrogen and oxygen atoms in total. The quantitative estimate of drug-likeness (QED) is 0.924. The Morgan fingerprint density at radius 3 is 2.77 bits per heavy atom. The van der Waals surface area contributed by atoms with Crippen molar-refractivity contribution >= 4 is 5.91 Å². The second-order valence-corrected chi connectivity index (χ2v) is 5.57. The third-order valence-electron chi connectivity index (χ3n) is 3.99. The molecule has 1 aromatic rings. The molecule has 0 aliphatic carbocycles. The number of amides is 1. The van der Waals surface area contributed by atoms with Gasteiger partial charge in [-0.15, -0.1) is 0 Å². The van der Waals surface area contributed by atoms with Crippen molar-refractivity contribution in [2.24, 2.45) is 0 Å². The number of aliphatic hydroxyl groups is 1. The molecule has 22 heavy (non-hydrogen) atoms. The molecular weight excluding hydrogens is 290 g/mol. The first kappa shape index (κ1) is 16.8. The Balaban J connectivity index is 1.96. The number of hydrogen-bond donors (Lipinski definition) is 1. The van der Waals surface area contributed by atoms with Crippen molar-refractivity contribution < 1.29 is 18.7 Å². The second kappa shape index (κ2) is 7.65. The molecule has 1 N–H and O–H groups in total. The summed E-state index contributed by atoms with van der Waals surface area (Å²) in [6, 6.07) is 3.09. The van der Waals surface area contributed by atoms with Gasteiger partial charge >= 0.3 is 0 Å². The predicted molar refractivity (Wildman–Crippen MR) is 79.2 cm³/mol. The zero-order chi connectivity index (χ0) is 16.1. The fourth-order valence-electron chi connectivity index (χ4n) is 2.74. The largest absolute Gasteiger partial charge is 0.387 e. The summed E-state index contributed by atoms with van der Waals surface area (Å²) in [6.07, 6.45) is 0.213. The predicted octanol–water partition coefficient (Wildman–Crippen LogP) is 1.94. The van der Waals surface area contributed by atoms with Crippen molar-refractivity contribution in [3.05, 3.63) is 35.4 Å². The highest BCUT2D eigenvalue weighted by Gasteiger charge is 2.21. The maximum Gasteiger partial charge on any atom is 0.222 e. The Morgan fingerprint density at radius 1 is 1.27 bits per heavy atom. The van der Waals surface area contributed by atoms with Crippen LogP contribution in [0.4, 0.5) is 8.78 Å². The molecule has 0 spiro atoms. The third kappa shape index (κ3) is 4.24. The molecule has 1 amide bonds. The number of hydrogen-bond acceptors (Lipinski definition) is 3. The highest BCUT2D eigenvalue weighted by atomic mass is 19.1. The summed E-state index contributed by atoms with van der Waals surface area (Å²) in [7, 11) is 0. The van der Waals surface area contributed by atoms with E-state index in [4.69, 9.17) is 0 Å². The van der Waals surface area contributed by atoms with Crippen LogP contribution >= 0.6 is 0 Å². The monoisotopic (exact) mass is 312 g/mol. The van der Waals surface area contributed by atoms with Crippen LogP contribution in [0.5, 0.6) is 0 Å². The van der Waals surface area contributed by atoms with Gasteiger partial charge in [0.1, 0.15) is 11.6 Å². The van der Waals surface area contributed by atoms with Gasteiger partial charge in [0.05, 0.1) is 6.10 Å². The summed E-state index contributed by atoms with van der Waals surface area (Å²) in [5.74, 6) is -1.05. The molecular formula is C16H22F2N2O2. The number of β-amino-alcohol motifs (C(OH)–C–C–N with tert-alkyl or cyclic N) is 1. The summed E-state index contributed by atoms with van der Waals surface area (Å²) < 4.78 is 26.9. The molecule has 1 aliphatic heterocycles. The fraction of sp³-hybridized carbons (Fsp3) is 0.562. The average molecular weight is 312 g/mol. The molecule has 1 heterocycles. The lowest BCUT2D eigenvalue weighted by atomic mass is 10.1. The highest BCUT2D eigenvalue weighted by molar-refractivity contribution is 5.75. The standard InChI is InChI=1S/C16H22F2N2O2/c1-2-16(22)20-7-3-6-19(8-9-20)11-15(21)13-10-12(17)4-5-14(13)18/h4-5,10,15,21H,2-3,6-9,11H2,1H3. The number of carbonyl (C=O) groups excluding carboxylic acids is 1. The maximum atomic E-state index is 13.7. The third-order valence-corrected chi connectivity index (χ3v) is 3.99. The van der Waals surface area contributed by atoms with Crippen molar-refractivity contribution in [1.29, 1.82) is 0 Å². The topological polar surface area (TPSA) is 43.8 Å². The minimum Gasteiger partial charge on any atom is -0.387 e. The molecule has 1 fully saturated rings. The molecule has 1 saturated heterocycles. The van der Waals surface area contributed by atoms with Gasteiger partial charge in [0.2, 0.25) is 5.91 Å². The number of carbonyl (C=O) groups is 1. The first-order valence-electron chi connectivity index (χ1n) is 7.64. The lowest BCUT2D eigenvalue weighted by molar-refractivity contribution is -0.130. The first-order valence-corrected chi connectivity index (χ1v) is 7.64. The minimum atomic E-state index is -1.08. The van der Waals surface area contributed by atoms with E-state index >= 15 is 0 Å². The van der Waals surface area contributed by atoms with Crippen LogP contribution in [0.1, 0.15) is 31.4 Å². The van der Waals surface area contributed by atoms with E-state index in [1.807, 2.05) is 16.7 Å². The number of aliphatic hydroxyl groups excluding tert-OH is 1. The maximum absolute atomic E-state index is 13.7. The van der Waals surface area contributed by atoms with Gasteiger partial charge in [0.15, 0.2) is 0 Å². The summed E-state index contributed by atoms with van der Waals surface area (Å²) >= 11 is 0. The van der Waals surface area contributed by atoms with Gasteiger partial charge < -0.3 is 10.0 Å². The van der Waals surface area contributed by atoms with Gasteiger partial charge in [-0.25, -0.2) is 8.78 Å². The van der Waals surface area contributed by atoms with Gasteiger partial charge in [-0.2, -0.15) is 0 Å². The SMILES string of the molecule is CCC(=O)N1CCCN(CC(O)c2cc(F)ccc2F)CC1. The molecule has 0 bridgehead atoms. The van der Waals surface area contributed by atoms with E-state index in [9.17, 15) is 18.7 Å². The molecule has 2 rings (SSSR count). The molecule has 1 aromatic carbocycles. The van der Waals surface area contributed by atoms with Crippen LogP contribution in [0.2, 0.25) is 0 Å². The molecule has 0 radical (unpaired) electrons. The average Bonchev–Trinajstić information content (AvgIpc) is 2.74. The van der Waals surface area contributed by atoms with Crippen LogP contribution in [0.3, 0.4) is 0 Å². The van der Waals surface area contributed by atoms with E-state index in [1.165, 1.54) is 0 Å². The van der Waals surface area contributed by atoms with E-state index in [-0.39, 0.29) is 18.0 Å². The van der Waals surface area contributed by atoms with E-state index in [2.05, 4.69) is 0 Å². The van der Waals surface area contributed by atoms with Crippen molar-refractivity contribution in [2.45, 2.75) is 25.9 Å².